The average molecular weight is 560 g/mol. The van der Waals surface area contributed by atoms with Crippen molar-refractivity contribution in [3.8, 4) is 11.1 Å². The molecule has 2 aromatic carbocycles. The van der Waals surface area contributed by atoms with Gasteiger partial charge in [-0.25, -0.2) is 9.97 Å². The maximum absolute atomic E-state index is 13.5. The summed E-state index contributed by atoms with van der Waals surface area (Å²) in [5.74, 6) is -0.654. The highest BCUT2D eigenvalue weighted by molar-refractivity contribution is 6.33. The highest BCUT2D eigenvalue weighted by Crippen LogP contribution is 2.38. The number of halogens is 7. The van der Waals surface area contributed by atoms with Crippen LogP contribution in [0.5, 0.6) is 0 Å². The number of benzene rings is 2. The minimum absolute atomic E-state index is 0.0146. The molecule has 1 amide bonds. The summed E-state index contributed by atoms with van der Waals surface area (Å²) in [6.07, 6.45) is -10.5. The summed E-state index contributed by atoms with van der Waals surface area (Å²) in [5, 5.41) is 5.60. The Morgan fingerprint density at radius 2 is 1.58 bits per heavy atom. The summed E-state index contributed by atoms with van der Waals surface area (Å²) in [7, 11) is 5.02. The third-order valence-corrected chi connectivity index (χ3v) is 5.76. The van der Waals surface area contributed by atoms with E-state index in [1.165, 1.54) is 13.1 Å². The fourth-order valence-electron chi connectivity index (χ4n) is 3.65. The lowest BCUT2D eigenvalue weighted by Crippen LogP contribution is -2.25. The van der Waals surface area contributed by atoms with Crippen molar-refractivity contribution in [2.75, 3.05) is 39.5 Å². The molecule has 2 N–H and O–H groups in total. The second-order valence-electron chi connectivity index (χ2n) is 8.60. The molecule has 0 saturated carbocycles. The van der Waals surface area contributed by atoms with Gasteiger partial charge in [0.25, 0.3) is 5.91 Å². The zero-order valence-corrected chi connectivity index (χ0v) is 21.3. The number of nitrogens with zero attached hydrogens (tertiary/aromatic N) is 3. The molecule has 0 spiro atoms. The molecular formula is C25H24ClF6N5O. The number of aromatic nitrogens is 2. The first kappa shape index (κ1) is 29.2. The molecule has 0 unspecified atom stereocenters. The van der Waals surface area contributed by atoms with Gasteiger partial charge in [-0.2, -0.15) is 26.3 Å². The summed E-state index contributed by atoms with van der Waals surface area (Å²) < 4.78 is 80.9. The van der Waals surface area contributed by atoms with E-state index in [0.717, 1.165) is 0 Å². The van der Waals surface area contributed by atoms with E-state index < -0.39 is 35.8 Å². The van der Waals surface area contributed by atoms with Gasteiger partial charge in [0.1, 0.15) is 5.69 Å². The normalized spacial score (nSPS) is 12.1. The topological polar surface area (TPSA) is 70.2 Å². The molecule has 3 rings (SSSR count). The summed E-state index contributed by atoms with van der Waals surface area (Å²) in [5.41, 5.74) is -2.93. The van der Waals surface area contributed by atoms with E-state index >= 15 is 0 Å². The van der Waals surface area contributed by atoms with Crippen LogP contribution in [0.25, 0.3) is 11.1 Å². The number of hydrogen-bond acceptors (Lipinski definition) is 5. The Morgan fingerprint density at radius 1 is 0.974 bits per heavy atom. The van der Waals surface area contributed by atoms with Crippen LogP contribution in [0.1, 0.15) is 32.9 Å². The Balaban J connectivity index is 2.27. The number of carbonyl (C=O) groups excluding carboxylic acids is 1. The molecule has 0 radical (unpaired) electrons. The Kier molecular flexibility index (Phi) is 8.88. The van der Waals surface area contributed by atoms with E-state index in [-0.39, 0.29) is 39.6 Å². The number of carbonyl (C=O) groups is 1. The molecule has 3 aromatic rings. The van der Waals surface area contributed by atoms with E-state index in [1.807, 2.05) is 19.0 Å². The van der Waals surface area contributed by atoms with Crippen molar-refractivity contribution >= 4 is 23.5 Å². The van der Waals surface area contributed by atoms with Crippen LogP contribution in [0.3, 0.4) is 0 Å². The Labute approximate surface area is 220 Å². The molecular weight excluding hydrogens is 536 g/mol. The summed E-state index contributed by atoms with van der Waals surface area (Å²) >= 11 is 6.38. The molecule has 0 fully saturated rings. The number of nitrogens with one attached hydrogen (secondary N) is 2. The number of hydrogen-bond donors (Lipinski definition) is 2. The number of likely N-dealkylation sites (N-methyl/N-ethyl adjacent to an activating group) is 1. The van der Waals surface area contributed by atoms with Crippen LogP contribution < -0.4 is 10.6 Å². The number of amides is 1. The SMILES string of the molecule is CNC(=O)c1nc(NCCN(C)C)nc(Cc2cc(C(F)(F)F)cc(C(F)(F)F)c2)c1-c1ccccc1Cl. The maximum Gasteiger partial charge on any atom is 0.416 e. The molecule has 6 nitrogen and oxygen atoms in total. The van der Waals surface area contributed by atoms with Crippen molar-refractivity contribution in [1.82, 2.24) is 20.2 Å². The smallest absolute Gasteiger partial charge is 0.354 e. The average Bonchev–Trinajstić information content (AvgIpc) is 2.82. The summed E-state index contributed by atoms with van der Waals surface area (Å²) in [6, 6.07) is 7.66. The molecule has 38 heavy (non-hydrogen) atoms. The van der Waals surface area contributed by atoms with Gasteiger partial charge in [-0.3, -0.25) is 4.79 Å². The number of anilines is 1. The molecule has 0 atom stereocenters. The Hall–Kier alpha value is -3.38. The standard InChI is InChI=1S/C25H24ClF6N5O/c1-33-22(38)21-20(17-6-4-5-7-18(17)26)19(35-23(36-21)34-8-9-37(2)3)12-14-10-15(24(27,28)29)13-16(11-14)25(30,31)32/h4-7,10-11,13H,8-9,12H2,1-3H3,(H,33,38)(H,34,35,36). The fraction of sp³-hybridized carbons (Fsp3) is 0.320. The summed E-state index contributed by atoms with van der Waals surface area (Å²) in [6.45, 7) is 0.912. The maximum atomic E-state index is 13.5. The van der Waals surface area contributed by atoms with Gasteiger partial charge in [-0.15, -0.1) is 0 Å². The predicted octanol–water partition coefficient (Wildman–Crippen LogP) is 5.76. The van der Waals surface area contributed by atoms with Crippen LogP contribution in [0.4, 0.5) is 32.3 Å². The van der Waals surface area contributed by atoms with Gasteiger partial charge in [0.05, 0.1) is 16.8 Å². The molecule has 204 valence electrons. The predicted molar refractivity (Wildman–Crippen MR) is 132 cm³/mol. The molecule has 0 aliphatic carbocycles. The van der Waals surface area contributed by atoms with Crippen molar-refractivity contribution in [2.45, 2.75) is 18.8 Å². The second kappa shape index (κ2) is 11.6. The molecule has 0 aliphatic heterocycles. The number of rotatable bonds is 8. The zero-order chi connectivity index (χ0) is 28.3. The first-order valence-corrected chi connectivity index (χ1v) is 11.6. The lowest BCUT2D eigenvalue weighted by molar-refractivity contribution is -0.143. The van der Waals surface area contributed by atoms with Gasteiger partial charge >= 0.3 is 12.4 Å². The lowest BCUT2D eigenvalue weighted by atomic mass is 9.95. The first-order valence-electron chi connectivity index (χ1n) is 11.3. The molecule has 0 aliphatic rings. The van der Waals surface area contributed by atoms with Crippen molar-refractivity contribution in [1.29, 1.82) is 0 Å². The largest absolute Gasteiger partial charge is 0.416 e. The van der Waals surface area contributed by atoms with Crippen LogP contribution in [-0.2, 0) is 18.8 Å². The Morgan fingerprint density at radius 3 is 2.11 bits per heavy atom. The second-order valence-corrected chi connectivity index (χ2v) is 9.00. The fourth-order valence-corrected chi connectivity index (χ4v) is 3.88. The van der Waals surface area contributed by atoms with Gasteiger partial charge < -0.3 is 15.5 Å². The van der Waals surface area contributed by atoms with Gasteiger partial charge in [0, 0.05) is 42.7 Å². The molecule has 0 saturated heterocycles. The molecule has 0 bridgehead atoms. The van der Waals surface area contributed by atoms with Gasteiger partial charge in [0.2, 0.25) is 5.95 Å². The Bertz CT molecular complexity index is 1280. The van der Waals surface area contributed by atoms with Crippen molar-refractivity contribution in [2.24, 2.45) is 0 Å². The van der Waals surface area contributed by atoms with Crippen molar-refractivity contribution in [3.05, 3.63) is 75.6 Å². The van der Waals surface area contributed by atoms with E-state index in [4.69, 9.17) is 11.6 Å². The lowest BCUT2D eigenvalue weighted by Gasteiger charge is -2.18. The van der Waals surface area contributed by atoms with E-state index in [0.29, 0.717) is 30.8 Å². The van der Waals surface area contributed by atoms with E-state index in [2.05, 4.69) is 20.6 Å². The van der Waals surface area contributed by atoms with Crippen LogP contribution in [0.15, 0.2) is 42.5 Å². The zero-order valence-electron chi connectivity index (χ0n) is 20.6. The highest BCUT2D eigenvalue weighted by atomic mass is 35.5. The first-order chi connectivity index (χ1) is 17.7. The minimum atomic E-state index is -5.01. The van der Waals surface area contributed by atoms with Gasteiger partial charge in [-0.05, 0) is 43.9 Å². The van der Waals surface area contributed by atoms with Crippen molar-refractivity contribution < 1.29 is 31.1 Å². The summed E-state index contributed by atoms with van der Waals surface area (Å²) in [4.78, 5) is 23.4. The van der Waals surface area contributed by atoms with Crippen LogP contribution in [-0.4, -0.2) is 55.0 Å². The van der Waals surface area contributed by atoms with E-state index in [9.17, 15) is 31.1 Å². The number of alkyl halides is 6. The molecule has 13 heteroatoms. The third-order valence-electron chi connectivity index (χ3n) is 5.43. The quantitative estimate of drug-likeness (QED) is 0.344. The molecule has 1 heterocycles. The van der Waals surface area contributed by atoms with Crippen LogP contribution >= 0.6 is 11.6 Å². The van der Waals surface area contributed by atoms with Gasteiger partial charge in [0.15, 0.2) is 0 Å². The van der Waals surface area contributed by atoms with Crippen molar-refractivity contribution in [3.63, 3.8) is 0 Å². The minimum Gasteiger partial charge on any atom is -0.354 e. The third kappa shape index (κ3) is 7.13. The molecule has 1 aromatic heterocycles. The monoisotopic (exact) mass is 559 g/mol. The van der Waals surface area contributed by atoms with Crippen LogP contribution in [0, 0.1) is 0 Å². The van der Waals surface area contributed by atoms with Crippen LogP contribution in [0.2, 0.25) is 5.02 Å². The van der Waals surface area contributed by atoms with E-state index in [1.54, 1.807) is 18.2 Å². The highest BCUT2D eigenvalue weighted by Gasteiger charge is 2.37. The van der Waals surface area contributed by atoms with Gasteiger partial charge in [-0.1, -0.05) is 29.8 Å².